The number of nitrogens with zero attached hydrogens (tertiary/aromatic N) is 2. The number of hydrogen-bond acceptors (Lipinski definition) is 5. The van der Waals surface area contributed by atoms with E-state index < -0.39 is 17.9 Å². The lowest BCUT2D eigenvalue weighted by molar-refractivity contribution is -0.158. The van der Waals surface area contributed by atoms with Crippen LogP contribution in [0.15, 0.2) is 29.3 Å². The predicted molar refractivity (Wildman–Crippen MR) is 216 cm³/mol. The normalized spacial score (nSPS) is 12.1. The Bertz CT molecular complexity index is 929. The number of methoxy groups -OCH3 is 1. The highest BCUT2D eigenvalue weighted by Gasteiger charge is 2.33. The minimum absolute atomic E-state index is 0.0334. The van der Waals surface area contributed by atoms with Gasteiger partial charge in [-0.15, -0.1) is 0 Å². The molecule has 0 saturated carbocycles. The van der Waals surface area contributed by atoms with Crippen molar-refractivity contribution in [3.63, 3.8) is 0 Å². The van der Waals surface area contributed by atoms with E-state index in [0.29, 0.717) is 19.4 Å². The summed E-state index contributed by atoms with van der Waals surface area (Å²) in [7, 11) is 1.28. The molecule has 0 aliphatic heterocycles. The van der Waals surface area contributed by atoms with E-state index in [1.807, 2.05) is 6.08 Å². The number of unbranched alkanes of at least 4 members (excludes halogenated alkanes) is 24. The summed E-state index contributed by atoms with van der Waals surface area (Å²) in [6, 6.07) is -1.01. The molecule has 2 amide bonds. The zero-order valence-electron chi connectivity index (χ0n) is 33.5. The smallest absolute Gasteiger partial charge is 0.329 e. The first-order valence-electron chi connectivity index (χ1n) is 21.2. The Hall–Kier alpha value is -2.64. The van der Waals surface area contributed by atoms with Crippen LogP contribution < -0.4 is 11.5 Å². The summed E-state index contributed by atoms with van der Waals surface area (Å²) in [5, 5.41) is 0. The van der Waals surface area contributed by atoms with E-state index in [1.54, 1.807) is 0 Å². The monoisotopic (exact) mass is 717 g/mol. The van der Waals surface area contributed by atoms with Gasteiger partial charge in [-0.1, -0.05) is 160 Å². The van der Waals surface area contributed by atoms with Crippen molar-refractivity contribution in [2.45, 2.75) is 213 Å². The van der Waals surface area contributed by atoms with Crippen LogP contribution in [0.3, 0.4) is 0 Å². The lowest BCUT2D eigenvalue weighted by Gasteiger charge is -2.27. The second kappa shape index (κ2) is 37.1. The first-order chi connectivity index (χ1) is 24.9. The Balaban J connectivity index is 4.69. The fourth-order valence-corrected chi connectivity index (χ4v) is 6.44. The van der Waals surface area contributed by atoms with Gasteiger partial charge >= 0.3 is 5.97 Å². The van der Waals surface area contributed by atoms with Gasteiger partial charge in [0.15, 0.2) is 5.96 Å². The van der Waals surface area contributed by atoms with Gasteiger partial charge in [0.2, 0.25) is 5.91 Å². The number of ether oxygens (including phenoxy) is 1. The summed E-state index contributed by atoms with van der Waals surface area (Å²) in [4.78, 5) is 44.8. The summed E-state index contributed by atoms with van der Waals surface area (Å²) in [5.41, 5.74) is 10.9. The highest BCUT2D eigenvalue weighted by molar-refractivity contribution is 6.04. The van der Waals surface area contributed by atoms with E-state index in [2.05, 4.69) is 31.0 Å². The third-order valence-corrected chi connectivity index (χ3v) is 9.61. The number of allylic oxidation sites excluding steroid dienone is 3. The standard InChI is InChI=1S/C43H80N4O4/c1-4-6-8-10-12-14-16-18-20-22-24-26-28-30-32-36-40(48)47(39(42(50)51-3)35-34-38-46-43(44)45)41(49)37-33-31-29-27-25-23-21-19-17-15-13-11-9-7-5-2/h18,20,33,37,39H,4-17,19,21-32,34-36,38H2,1-3H3,(H4,44,45,46)/b20-18-,37-33?/t39-/m0/s1. The first-order valence-corrected chi connectivity index (χ1v) is 21.2. The van der Waals surface area contributed by atoms with Crippen LogP contribution in [-0.4, -0.2) is 48.3 Å². The summed E-state index contributed by atoms with van der Waals surface area (Å²) in [5.74, 6) is -1.43. The molecule has 0 aromatic rings. The van der Waals surface area contributed by atoms with Crippen molar-refractivity contribution in [2.75, 3.05) is 13.7 Å². The third-order valence-electron chi connectivity index (χ3n) is 9.61. The molecule has 0 rings (SSSR count). The number of esters is 1. The fraction of sp³-hybridized carbons (Fsp3) is 0.814. The number of guanidine groups is 1. The first kappa shape index (κ1) is 48.4. The van der Waals surface area contributed by atoms with Crippen molar-refractivity contribution in [2.24, 2.45) is 16.5 Å². The highest BCUT2D eigenvalue weighted by Crippen LogP contribution is 2.17. The molecule has 0 spiro atoms. The van der Waals surface area contributed by atoms with E-state index in [-0.39, 0.29) is 24.7 Å². The van der Waals surface area contributed by atoms with Crippen molar-refractivity contribution >= 4 is 23.7 Å². The molecule has 0 radical (unpaired) electrons. The number of carbonyl (C=O) groups is 3. The van der Waals surface area contributed by atoms with Gasteiger partial charge in [-0.25, -0.2) is 4.79 Å². The molecule has 296 valence electrons. The van der Waals surface area contributed by atoms with Crippen molar-refractivity contribution in [3.8, 4) is 0 Å². The molecule has 0 unspecified atom stereocenters. The van der Waals surface area contributed by atoms with E-state index >= 15 is 0 Å². The van der Waals surface area contributed by atoms with Gasteiger partial charge in [-0.3, -0.25) is 19.5 Å². The molecule has 1 atom stereocenters. The quantitative estimate of drug-likeness (QED) is 0.0166. The Kier molecular flexibility index (Phi) is 35.2. The molecule has 0 aromatic carbocycles. The number of aliphatic imine (C=N–C) groups is 1. The fourth-order valence-electron chi connectivity index (χ4n) is 6.44. The van der Waals surface area contributed by atoms with Gasteiger partial charge in [0.25, 0.3) is 5.91 Å². The van der Waals surface area contributed by atoms with Crippen LogP contribution in [0.4, 0.5) is 0 Å². The predicted octanol–water partition coefficient (Wildman–Crippen LogP) is 11.0. The molecule has 8 nitrogen and oxygen atoms in total. The highest BCUT2D eigenvalue weighted by atomic mass is 16.5. The van der Waals surface area contributed by atoms with Gasteiger partial charge in [0.1, 0.15) is 6.04 Å². The van der Waals surface area contributed by atoms with E-state index in [0.717, 1.165) is 56.3 Å². The molecule has 0 saturated heterocycles. The maximum atomic E-state index is 13.5. The molecule has 0 heterocycles. The van der Waals surface area contributed by atoms with Gasteiger partial charge in [0, 0.05) is 13.0 Å². The molecule has 8 heteroatoms. The molecule has 0 aliphatic carbocycles. The average molecular weight is 717 g/mol. The SMILES string of the molecule is CCCCCCCC/C=C\CCCCCCCC(=O)N(C(=O)C=CCCCCCCCCCCCCCCC)[C@@H](CCCN=C(N)N)C(=O)OC. The molecule has 0 bridgehead atoms. The van der Waals surface area contributed by atoms with Gasteiger partial charge < -0.3 is 16.2 Å². The van der Waals surface area contributed by atoms with E-state index in [1.165, 1.54) is 129 Å². The average Bonchev–Trinajstić information content (AvgIpc) is 3.12. The van der Waals surface area contributed by atoms with Crippen LogP contribution in [0, 0.1) is 0 Å². The van der Waals surface area contributed by atoms with Crippen LogP contribution in [0.2, 0.25) is 0 Å². The van der Waals surface area contributed by atoms with Crippen LogP contribution >= 0.6 is 0 Å². The van der Waals surface area contributed by atoms with E-state index in [9.17, 15) is 14.4 Å². The molecule has 0 aliphatic rings. The molecule has 4 N–H and O–H groups in total. The Labute approximate surface area is 314 Å². The Morgan fingerprint density at radius 2 is 1.00 bits per heavy atom. The summed E-state index contributed by atoms with van der Waals surface area (Å²) in [6.07, 6.45) is 41.6. The zero-order chi connectivity index (χ0) is 37.6. The molecule has 51 heavy (non-hydrogen) atoms. The van der Waals surface area contributed by atoms with Gasteiger partial charge in [0.05, 0.1) is 7.11 Å². The Morgan fingerprint density at radius 3 is 1.43 bits per heavy atom. The lowest BCUT2D eigenvalue weighted by atomic mass is 10.0. The maximum Gasteiger partial charge on any atom is 0.329 e. The van der Waals surface area contributed by atoms with Gasteiger partial charge in [-0.05, 0) is 63.9 Å². The number of carbonyl (C=O) groups excluding carboxylic acids is 3. The zero-order valence-corrected chi connectivity index (χ0v) is 33.5. The molecular weight excluding hydrogens is 636 g/mol. The summed E-state index contributed by atoms with van der Waals surface area (Å²) in [6.45, 7) is 4.82. The van der Waals surface area contributed by atoms with Crippen LogP contribution in [0.1, 0.15) is 206 Å². The number of nitrogens with two attached hydrogens (primary N) is 2. The number of imide groups is 1. The Morgan fingerprint density at radius 1 is 0.588 bits per heavy atom. The minimum atomic E-state index is -1.01. The number of rotatable bonds is 36. The molecule has 0 fully saturated rings. The van der Waals surface area contributed by atoms with E-state index in [4.69, 9.17) is 16.2 Å². The van der Waals surface area contributed by atoms with Crippen LogP contribution in [-0.2, 0) is 19.1 Å². The summed E-state index contributed by atoms with van der Waals surface area (Å²) < 4.78 is 5.03. The molecule has 0 aromatic heterocycles. The third kappa shape index (κ3) is 30.7. The number of amides is 2. The van der Waals surface area contributed by atoms with Crippen molar-refractivity contribution < 1.29 is 19.1 Å². The maximum absolute atomic E-state index is 13.5. The second-order valence-corrected chi connectivity index (χ2v) is 14.4. The van der Waals surface area contributed by atoms with Crippen molar-refractivity contribution in [1.82, 2.24) is 4.90 Å². The van der Waals surface area contributed by atoms with Crippen molar-refractivity contribution in [1.29, 1.82) is 0 Å². The number of hydrogen-bond donors (Lipinski definition) is 2. The molecular formula is C43H80N4O4. The summed E-state index contributed by atoms with van der Waals surface area (Å²) >= 11 is 0. The second-order valence-electron chi connectivity index (χ2n) is 14.4. The van der Waals surface area contributed by atoms with Crippen LogP contribution in [0.5, 0.6) is 0 Å². The minimum Gasteiger partial charge on any atom is -0.467 e. The topological polar surface area (TPSA) is 128 Å². The lowest BCUT2D eigenvalue weighted by Crippen LogP contribution is -2.48. The van der Waals surface area contributed by atoms with Crippen LogP contribution in [0.25, 0.3) is 0 Å². The van der Waals surface area contributed by atoms with Gasteiger partial charge in [-0.2, -0.15) is 0 Å². The largest absolute Gasteiger partial charge is 0.467 e. The van der Waals surface area contributed by atoms with Crippen molar-refractivity contribution in [3.05, 3.63) is 24.3 Å².